The molecule has 0 aliphatic heterocycles. The van der Waals surface area contributed by atoms with E-state index in [1.54, 1.807) is 6.33 Å². The Bertz CT molecular complexity index is 781. The Hall–Kier alpha value is -2.63. The molecule has 2 N–H and O–H groups in total. The third-order valence-electron chi connectivity index (χ3n) is 3.75. The summed E-state index contributed by atoms with van der Waals surface area (Å²) in [5.74, 6) is 1.39. The summed E-state index contributed by atoms with van der Waals surface area (Å²) >= 11 is 0. The second-order valence-corrected chi connectivity index (χ2v) is 5.63. The third kappa shape index (κ3) is 3.64. The molecule has 3 aromatic rings. The number of aryl methyl sites for hydroxylation is 1. The van der Waals surface area contributed by atoms with Gasteiger partial charge in [0.2, 0.25) is 5.95 Å². The molecule has 2 aromatic heterocycles. The average Bonchev–Trinajstić information content (AvgIpc) is 2.95. The molecule has 3 rings (SSSR count). The summed E-state index contributed by atoms with van der Waals surface area (Å²) in [6.07, 6.45) is 2.79. The van der Waals surface area contributed by atoms with Crippen LogP contribution in [0.1, 0.15) is 39.3 Å². The first-order chi connectivity index (χ1) is 11.2. The van der Waals surface area contributed by atoms with Gasteiger partial charge in [0, 0.05) is 13.6 Å². The summed E-state index contributed by atoms with van der Waals surface area (Å²) in [5.41, 5.74) is 2.82. The minimum atomic E-state index is 0. The van der Waals surface area contributed by atoms with Crippen LogP contribution in [0.15, 0.2) is 36.7 Å². The molecule has 0 saturated heterocycles. The summed E-state index contributed by atoms with van der Waals surface area (Å²) in [4.78, 5) is 13.6. The van der Waals surface area contributed by atoms with Crippen LogP contribution in [0.3, 0.4) is 0 Å². The van der Waals surface area contributed by atoms with Gasteiger partial charge in [-0.25, -0.2) is 4.98 Å². The number of benzene rings is 1. The average molecular weight is 326 g/mol. The SMILES string of the molecule is C.CCCNc1nc(NC(C)c2ccccc2)c2ncn(C)c2n1. The second-order valence-electron chi connectivity index (χ2n) is 5.63. The lowest BCUT2D eigenvalue weighted by molar-refractivity contribution is 0.872. The standard InChI is InChI=1S/C17H22N6.CH4/c1-4-10-18-17-21-15(14-16(22-17)23(3)11-19-14)20-12(2)13-8-6-5-7-9-13;/h5-9,11-12H,4,10H2,1-3H3,(H2,18,20,21,22);1H4. The van der Waals surface area contributed by atoms with E-state index in [4.69, 9.17) is 0 Å². The van der Waals surface area contributed by atoms with Crippen molar-refractivity contribution >= 4 is 22.9 Å². The lowest BCUT2D eigenvalue weighted by Crippen LogP contribution is -2.11. The minimum absolute atomic E-state index is 0. The first kappa shape index (κ1) is 17.7. The van der Waals surface area contributed by atoms with Crippen LogP contribution < -0.4 is 10.6 Å². The molecule has 0 aliphatic carbocycles. The molecular weight excluding hydrogens is 300 g/mol. The number of aromatic nitrogens is 4. The van der Waals surface area contributed by atoms with Gasteiger partial charge in [-0.3, -0.25) is 0 Å². The molecule has 0 bridgehead atoms. The molecule has 1 atom stereocenters. The fourth-order valence-electron chi connectivity index (χ4n) is 2.45. The lowest BCUT2D eigenvalue weighted by atomic mass is 10.1. The lowest BCUT2D eigenvalue weighted by Gasteiger charge is -2.16. The van der Waals surface area contributed by atoms with Crippen LogP contribution in [0.5, 0.6) is 0 Å². The molecule has 0 amide bonds. The summed E-state index contributed by atoms with van der Waals surface area (Å²) in [7, 11) is 1.94. The number of hydrogen-bond donors (Lipinski definition) is 2. The van der Waals surface area contributed by atoms with Crippen LogP contribution in [0.4, 0.5) is 11.8 Å². The van der Waals surface area contributed by atoms with Gasteiger partial charge in [-0.2, -0.15) is 9.97 Å². The smallest absolute Gasteiger partial charge is 0.226 e. The molecule has 0 fully saturated rings. The Morgan fingerprint density at radius 2 is 1.92 bits per heavy atom. The van der Waals surface area contributed by atoms with Gasteiger partial charge >= 0.3 is 0 Å². The fraction of sp³-hybridized carbons (Fsp3) is 0.389. The zero-order valence-electron chi connectivity index (χ0n) is 13.7. The van der Waals surface area contributed by atoms with E-state index in [1.807, 2.05) is 29.8 Å². The molecule has 0 spiro atoms. The van der Waals surface area contributed by atoms with Crippen LogP contribution >= 0.6 is 0 Å². The molecule has 6 heteroatoms. The van der Waals surface area contributed by atoms with Crippen molar-refractivity contribution in [1.29, 1.82) is 0 Å². The summed E-state index contributed by atoms with van der Waals surface area (Å²) in [6.45, 7) is 5.08. The quantitative estimate of drug-likeness (QED) is 0.717. The molecule has 6 nitrogen and oxygen atoms in total. The maximum absolute atomic E-state index is 4.61. The van der Waals surface area contributed by atoms with E-state index < -0.39 is 0 Å². The van der Waals surface area contributed by atoms with Crippen molar-refractivity contribution in [3.05, 3.63) is 42.2 Å². The maximum atomic E-state index is 4.61. The predicted molar refractivity (Wildman–Crippen MR) is 100 cm³/mol. The molecule has 0 radical (unpaired) electrons. The predicted octanol–water partition coefficient (Wildman–Crippen LogP) is 3.99. The van der Waals surface area contributed by atoms with Crippen molar-refractivity contribution in [3.63, 3.8) is 0 Å². The summed E-state index contributed by atoms with van der Waals surface area (Å²) < 4.78 is 1.91. The van der Waals surface area contributed by atoms with Crippen LogP contribution in [-0.4, -0.2) is 26.1 Å². The van der Waals surface area contributed by atoms with Crippen LogP contribution in [0, 0.1) is 0 Å². The van der Waals surface area contributed by atoms with Gasteiger partial charge in [0.15, 0.2) is 17.0 Å². The highest BCUT2D eigenvalue weighted by atomic mass is 15.2. The summed E-state index contributed by atoms with van der Waals surface area (Å²) in [5, 5.41) is 6.72. The van der Waals surface area contributed by atoms with Crippen molar-refractivity contribution < 1.29 is 0 Å². The normalized spacial score (nSPS) is 11.8. The highest BCUT2D eigenvalue weighted by molar-refractivity contribution is 5.84. The van der Waals surface area contributed by atoms with Gasteiger partial charge in [0.05, 0.1) is 12.4 Å². The van der Waals surface area contributed by atoms with E-state index in [1.165, 1.54) is 5.56 Å². The topological polar surface area (TPSA) is 67.7 Å². The number of imidazole rings is 1. The molecular formula is C18H26N6. The van der Waals surface area contributed by atoms with Crippen LogP contribution in [0.25, 0.3) is 11.2 Å². The van der Waals surface area contributed by atoms with Gasteiger partial charge < -0.3 is 15.2 Å². The van der Waals surface area contributed by atoms with Gasteiger partial charge in [-0.05, 0) is 18.9 Å². The number of nitrogens with one attached hydrogen (secondary N) is 2. The Kier molecular flexibility index (Phi) is 5.73. The molecule has 0 aliphatic rings. The van der Waals surface area contributed by atoms with Gasteiger partial charge in [0.1, 0.15) is 0 Å². The number of nitrogens with zero attached hydrogens (tertiary/aromatic N) is 4. The number of hydrogen-bond acceptors (Lipinski definition) is 5. The van der Waals surface area contributed by atoms with Crippen molar-refractivity contribution in [3.8, 4) is 0 Å². The maximum Gasteiger partial charge on any atom is 0.226 e. The van der Waals surface area contributed by atoms with Gasteiger partial charge in [0.25, 0.3) is 0 Å². The van der Waals surface area contributed by atoms with Crippen molar-refractivity contribution in [2.75, 3.05) is 17.2 Å². The van der Waals surface area contributed by atoms with Crippen LogP contribution in [0.2, 0.25) is 0 Å². The van der Waals surface area contributed by atoms with E-state index in [-0.39, 0.29) is 13.5 Å². The molecule has 128 valence electrons. The first-order valence-electron chi connectivity index (χ1n) is 7.93. The number of anilines is 2. The molecule has 1 unspecified atom stereocenters. The van der Waals surface area contributed by atoms with E-state index in [9.17, 15) is 0 Å². The van der Waals surface area contributed by atoms with E-state index >= 15 is 0 Å². The third-order valence-corrected chi connectivity index (χ3v) is 3.75. The van der Waals surface area contributed by atoms with Gasteiger partial charge in [-0.1, -0.05) is 44.7 Å². The van der Waals surface area contributed by atoms with Gasteiger partial charge in [-0.15, -0.1) is 0 Å². The van der Waals surface area contributed by atoms with Crippen molar-refractivity contribution in [2.24, 2.45) is 7.05 Å². The van der Waals surface area contributed by atoms with Crippen LogP contribution in [-0.2, 0) is 7.05 Å². The highest BCUT2D eigenvalue weighted by Gasteiger charge is 2.14. The van der Waals surface area contributed by atoms with E-state index in [0.717, 1.165) is 29.9 Å². The highest BCUT2D eigenvalue weighted by Crippen LogP contribution is 2.24. The minimum Gasteiger partial charge on any atom is -0.362 e. The fourth-order valence-corrected chi connectivity index (χ4v) is 2.45. The Labute approximate surface area is 143 Å². The Morgan fingerprint density at radius 3 is 2.62 bits per heavy atom. The molecule has 24 heavy (non-hydrogen) atoms. The number of fused-ring (bicyclic) bond motifs is 1. The zero-order valence-corrected chi connectivity index (χ0v) is 13.7. The van der Waals surface area contributed by atoms with Crippen molar-refractivity contribution in [1.82, 2.24) is 19.5 Å². The Morgan fingerprint density at radius 1 is 1.17 bits per heavy atom. The zero-order chi connectivity index (χ0) is 16.2. The molecule has 1 aromatic carbocycles. The summed E-state index contributed by atoms with van der Waals surface area (Å²) in [6, 6.07) is 10.4. The van der Waals surface area contributed by atoms with E-state index in [0.29, 0.717) is 5.95 Å². The monoisotopic (exact) mass is 326 g/mol. The van der Waals surface area contributed by atoms with Crippen molar-refractivity contribution in [2.45, 2.75) is 33.7 Å². The number of rotatable bonds is 6. The molecule has 0 saturated carbocycles. The second kappa shape index (κ2) is 7.77. The molecule has 2 heterocycles. The van der Waals surface area contributed by atoms with E-state index in [2.05, 4.69) is 51.6 Å². The first-order valence-corrected chi connectivity index (χ1v) is 7.93. The Balaban J connectivity index is 0.00000208. The largest absolute Gasteiger partial charge is 0.362 e.